The van der Waals surface area contributed by atoms with Gasteiger partial charge in [0.05, 0.1) is 30.5 Å². The number of hydrogen-bond acceptors (Lipinski definition) is 7. The van der Waals surface area contributed by atoms with E-state index in [1.165, 1.54) is 11.1 Å². The molecule has 18 atom stereocenters. The third-order valence-corrected chi connectivity index (χ3v) is 17.4. The van der Waals surface area contributed by atoms with Gasteiger partial charge in [0.2, 0.25) is 0 Å². The Morgan fingerprint density at radius 1 is 0.600 bits per heavy atom. The van der Waals surface area contributed by atoms with Crippen LogP contribution in [-0.4, -0.2) is 77.5 Å². The van der Waals surface area contributed by atoms with Gasteiger partial charge in [-0.3, -0.25) is 0 Å². The van der Waals surface area contributed by atoms with E-state index in [1.54, 1.807) is 0 Å². The molecule has 0 aliphatic heterocycles. The summed E-state index contributed by atoms with van der Waals surface area (Å²) in [6.45, 7) is 10.8. The first-order valence-corrected chi connectivity index (χ1v) is 19.6. The molecule has 50 heavy (non-hydrogen) atoms. The van der Waals surface area contributed by atoms with Gasteiger partial charge < -0.3 is 35.7 Å². The predicted octanol–water partition coefficient (Wildman–Crippen LogP) is 4.51. The van der Waals surface area contributed by atoms with Crippen LogP contribution in [0.5, 0.6) is 0 Å². The average Bonchev–Trinajstić information content (AvgIpc) is 3.41. The monoisotopic (exact) mass is 690 g/mol. The maximum Gasteiger partial charge on any atom is 0.156 e. The van der Waals surface area contributed by atoms with Crippen LogP contribution < -0.4 is 0 Å². The summed E-state index contributed by atoms with van der Waals surface area (Å²) in [5.74, 6) is 6.41. The van der Waals surface area contributed by atoms with Crippen LogP contribution in [0.4, 0.5) is 0 Å². The lowest BCUT2D eigenvalue weighted by atomic mass is 9.46. The first kappa shape index (κ1) is 36.7. The minimum absolute atomic E-state index is 0.000215. The summed E-state index contributed by atoms with van der Waals surface area (Å²) >= 11 is 0. The fraction of sp³-hybridized carbons (Fsp3) is 0.814. The van der Waals surface area contributed by atoms with Gasteiger partial charge in [-0.1, -0.05) is 69.8 Å². The second kappa shape index (κ2) is 11.9. The molecule has 7 N–H and O–H groups in total. The lowest BCUT2D eigenvalue weighted by Crippen LogP contribution is -2.58. The average molecular weight is 691 g/mol. The van der Waals surface area contributed by atoms with Crippen molar-refractivity contribution in [1.82, 2.24) is 0 Å². The van der Waals surface area contributed by atoms with Crippen LogP contribution in [0.25, 0.3) is 0 Å². The van der Waals surface area contributed by atoms with Crippen LogP contribution in [0.1, 0.15) is 112 Å². The number of terminal acetylenes is 2. The normalized spacial score (nSPS) is 57.7. The van der Waals surface area contributed by atoms with E-state index in [1.807, 2.05) is 19.1 Å². The lowest BCUT2D eigenvalue weighted by molar-refractivity contribution is -0.135. The van der Waals surface area contributed by atoms with E-state index in [0.29, 0.717) is 31.1 Å². The molecular weight excluding hydrogens is 628 g/mol. The highest BCUT2D eigenvalue weighted by Gasteiger charge is 2.69. The molecule has 0 bridgehead atoms. The van der Waals surface area contributed by atoms with Gasteiger partial charge in [-0.2, -0.15) is 0 Å². The third-order valence-electron chi connectivity index (χ3n) is 17.4. The second-order valence-corrected chi connectivity index (χ2v) is 19.2. The molecule has 276 valence electrons. The standard InChI is InChI=1S/C22H32O3.C21H30O4/c1-5-22(25)13(2)10-17-19-16(7-9-21(17,22)4)20(3)8-6-15(23)11-14(20)12-18(19)24;1-4-21(25)17(24)11-15-18-14(6-8-20(15,21)3)19(2)7-5-13(22)9-12(19)10-16(18)23/h1,12-13,15-19,23-25H,6-11H2,2-4H3;1,10,13-18,22-25H,5-9,11H2,2-3H3/t13-,15-,16?,17?,18-,19?,20-,21-,22-;13-,14?,15?,16+,17+,18?,19+,20+,21+/m01/s1. The molecule has 0 amide bonds. The molecule has 0 radical (unpaired) electrons. The number of hydrogen-bond donors (Lipinski definition) is 7. The summed E-state index contributed by atoms with van der Waals surface area (Å²) < 4.78 is 0. The molecule has 6 saturated carbocycles. The van der Waals surface area contributed by atoms with Crippen molar-refractivity contribution in [2.75, 3.05) is 0 Å². The zero-order valence-corrected chi connectivity index (χ0v) is 30.9. The number of aliphatic hydroxyl groups excluding tert-OH is 5. The Morgan fingerprint density at radius 2 is 1.02 bits per heavy atom. The van der Waals surface area contributed by atoms with Crippen molar-refractivity contribution in [3.63, 3.8) is 0 Å². The largest absolute Gasteiger partial charge is 0.393 e. The molecule has 8 rings (SSSR count). The maximum atomic E-state index is 11.3. The van der Waals surface area contributed by atoms with Gasteiger partial charge in [-0.15, -0.1) is 12.8 Å². The Labute approximate surface area is 299 Å². The Kier molecular flexibility index (Phi) is 8.74. The predicted molar refractivity (Wildman–Crippen MR) is 192 cm³/mol. The third kappa shape index (κ3) is 4.70. The SMILES string of the molecule is C#C[C@]1(O)[C@@H](C)CC2C3C(CC[C@@]21C)[C@@]1(C)CC[C@H](O)CC1=C[C@@H]3O.C#C[C@]1(O)[C@@H](O)CC2C3C(CC[C@@]21C)[C@@]1(C)CC[C@@H](O)CC1=C[C@@H]3O. The topological polar surface area (TPSA) is 142 Å². The number of rotatable bonds is 0. The lowest BCUT2D eigenvalue weighted by Gasteiger charge is -2.59. The molecular formula is C43H62O7. The fourth-order valence-electron chi connectivity index (χ4n) is 14.2. The first-order valence-electron chi connectivity index (χ1n) is 19.6. The quantitative estimate of drug-likeness (QED) is 0.147. The van der Waals surface area contributed by atoms with E-state index in [9.17, 15) is 35.7 Å². The summed E-state index contributed by atoms with van der Waals surface area (Å²) in [7, 11) is 0. The molecule has 8 aliphatic rings. The van der Waals surface area contributed by atoms with E-state index >= 15 is 0 Å². The molecule has 0 aromatic rings. The molecule has 0 heterocycles. The highest BCUT2D eigenvalue weighted by Crippen LogP contribution is 2.69. The number of fused-ring (bicyclic) bond motifs is 10. The molecule has 6 fully saturated rings. The van der Waals surface area contributed by atoms with E-state index in [2.05, 4.69) is 39.5 Å². The molecule has 8 aliphatic carbocycles. The van der Waals surface area contributed by atoms with Gasteiger partial charge in [-0.25, -0.2) is 0 Å². The highest BCUT2D eigenvalue weighted by atomic mass is 16.3. The van der Waals surface area contributed by atoms with Crippen molar-refractivity contribution in [3.8, 4) is 24.7 Å². The molecule has 0 aromatic carbocycles. The molecule has 0 aromatic heterocycles. The number of aliphatic hydroxyl groups is 7. The second-order valence-electron chi connectivity index (χ2n) is 19.2. The minimum Gasteiger partial charge on any atom is -0.393 e. The van der Waals surface area contributed by atoms with Crippen LogP contribution in [0.3, 0.4) is 0 Å². The first-order chi connectivity index (χ1) is 23.3. The summed E-state index contributed by atoms with van der Waals surface area (Å²) in [4.78, 5) is 0. The van der Waals surface area contributed by atoms with Crippen LogP contribution in [-0.2, 0) is 0 Å². The summed E-state index contributed by atoms with van der Waals surface area (Å²) in [5, 5.41) is 75.0. The fourth-order valence-corrected chi connectivity index (χ4v) is 14.2. The Bertz CT molecular complexity index is 1410. The van der Waals surface area contributed by atoms with Crippen LogP contribution >= 0.6 is 0 Å². The van der Waals surface area contributed by atoms with Gasteiger partial charge in [0.1, 0.15) is 5.60 Å². The van der Waals surface area contributed by atoms with Crippen molar-refractivity contribution >= 4 is 0 Å². The molecule has 6 unspecified atom stereocenters. The van der Waals surface area contributed by atoms with E-state index in [0.717, 1.165) is 57.8 Å². The van der Waals surface area contributed by atoms with Crippen LogP contribution in [0.2, 0.25) is 0 Å². The van der Waals surface area contributed by atoms with Crippen molar-refractivity contribution in [2.45, 2.75) is 153 Å². The van der Waals surface area contributed by atoms with Crippen molar-refractivity contribution in [3.05, 3.63) is 23.3 Å². The summed E-state index contributed by atoms with van der Waals surface area (Å²) in [6.07, 6.45) is 22.6. The maximum absolute atomic E-state index is 11.3. The van der Waals surface area contributed by atoms with Crippen molar-refractivity contribution in [1.29, 1.82) is 0 Å². The molecule has 0 spiro atoms. The van der Waals surface area contributed by atoms with Crippen molar-refractivity contribution < 1.29 is 35.7 Å². The zero-order valence-electron chi connectivity index (χ0n) is 30.9. The molecule has 7 nitrogen and oxygen atoms in total. The Morgan fingerprint density at radius 3 is 1.46 bits per heavy atom. The highest BCUT2D eigenvalue weighted by molar-refractivity contribution is 5.33. The Hall–Kier alpha value is -1.68. The van der Waals surface area contributed by atoms with Crippen molar-refractivity contribution in [2.24, 2.45) is 63.1 Å². The molecule has 7 heteroatoms. The van der Waals surface area contributed by atoms with Crippen LogP contribution in [0.15, 0.2) is 23.3 Å². The van der Waals surface area contributed by atoms with Gasteiger partial charge >= 0.3 is 0 Å². The minimum atomic E-state index is -1.52. The van der Waals surface area contributed by atoms with E-state index in [-0.39, 0.29) is 58.0 Å². The Balaban J connectivity index is 0.000000157. The van der Waals surface area contributed by atoms with Gasteiger partial charge in [-0.05, 0) is 129 Å². The summed E-state index contributed by atoms with van der Waals surface area (Å²) in [5.41, 5.74) is -0.975. The van der Waals surface area contributed by atoms with Gasteiger partial charge in [0, 0.05) is 10.8 Å². The van der Waals surface area contributed by atoms with E-state index < -0.39 is 34.9 Å². The van der Waals surface area contributed by atoms with Crippen LogP contribution in [0, 0.1) is 87.8 Å². The zero-order chi connectivity index (χ0) is 36.4. The van der Waals surface area contributed by atoms with Gasteiger partial charge in [0.15, 0.2) is 5.60 Å². The summed E-state index contributed by atoms with van der Waals surface area (Å²) in [6, 6.07) is 0. The van der Waals surface area contributed by atoms with E-state index in [4.69, 9.17) is 12.8 Å². The molecule has 0 saturated heterocycles. The van der Waals surface area contributed by atoms with Gasteiger partial charge in [0.25, 0.3) is 0 Å². The smallest absolute Gasteiger partial charge is 0.156 e.